The number of piperidine rings is 1. The van der Waals surface area contributed by atoms with Crippen LogP contribution < -0.4 is 9.80 Å². The molecule has 0 aliphatic carbocycles. The van der Waals surface area contributed by atoms with Gasteiger partial charge in [-0.15, -0.1) is 0 Å². The monoisotopic (exact) mass is 361 g/mol. The molecule has 136 valence electrons. The molecule has 5 nitrogen and oxygen atoms in total. The van der Waals surface area contributed by atoms with Crippen LogP contribution in [0.4, 0.5) is 24.7 Å². The maximum absolute atomic E-state index is 13.5. The van der Waals surface area contributed by atoms with Crippen molar-refractivity contribution in [2.75, 3.05) is 29.9 Å². The van der Waals surface area contributed by atoms with Crippen LogP contribution in [0.1, 0.15) is 24.0 Å². The number of halogens is 3. The summed E-state index contributed by atoms with van der Waals surface area (Å²) in [5.41, 5.74) is -0.632. The molecule has 1 aromatic heterocycles. The van der Waals surface area contributed by atoms with Crippen LogP contribution in [0, 0.1) is 11.3 Å². The van der Waals surface area contributed by atoms with Gasteiger partial charge in [-0.3, -0.25) is 0 Å². The van der Waals surface area contributed by atoms with Gasteiger partial charge in [0, 0.05) is 38.1 Å². The van der Waals surface area contributed by atoms with Crippen LogP contribution >= 0.6 is 0 Å². The summed E-state index contributed by atoms with van der Waals surface area (Å²) < 4.78 is 40.4. The smallest absolute Gasteiger partial charge is 0.369 e. The first-order chi connectivity index (χ1) is 12.4. The molecule has 0 saturated carbocycles. The molecule has 0 N–H and O–H groups in total. The Morgan fingerprint density at radius 3 is 2.77 bits per heavy atom. The fourth-order valence-corrected chi connectivity index (χ4v) is 3.28. The molecule has 1 unspecified atom stereocenters. The Morgan fingerprint density at radius 1 is 1.31 bits per heavy atom. The van der Waals surface area contributed by atoms with E-state index in [0.29, 0.717) is 13.1 Å². The Kier molecular flexibility index (Phi) is 4.98. The molecule has 1 aliphatic rings. The first kappa shape index (κ1) is 18.0. The van der Waals surface area contributed by atoms with E-state index >= 15 is 0 Å². The van der Waals surface area contributed by atoms with E-state index in [0.717, 1.165) is 24.7 Å². The normalized spacial score (nSPS) is 17.7. The lowest BCUT2D eigenvalue weighted by Crippen LogP contribution is -2.47. The lowest BCUT2D eigenvalue weighted by Gasteiger charge is -2.40. The molecule has 1 fully saturated rings. The number of aromatic nitrogens is 2. The first-order valence-electron chi connectivity index (χ1n) is 8.25. The zero-order valence-corrected chi connectivity index (χ0v) is 14.2. The maximum Gasteiger partial charge on any atom is 0.418 e. The highest BCUT2D eigenvalue weighted by molar-refractivity contribution is 5.59. The number of hydrogen-bond acceptors (Lipinski definition) is 5. The Hall–Kier alpha value is -2.82. The Balaban J connectivity index is 1.87. The van der Waals surface area contributed by atoms with Crippen molar-refractivity contribution in [1.82, 2.24) is 9.97 Å². The highest BCUT2D eigenvalue weighted by Crippen LogP contribution is 2.38. The number of nitriles is 1. The van der Waals surface area contributed by atoms with Gasteiger partial charge >= 0.3 is 6.18 Å². The second-order valence-corrected chi connectivity index (χ2v) is 6.26. The molecule has 1 aliphatic heterocycles. The van der Waals surface area contributed by atoms with E-state index in [-0.39, 0.29) is 17.3 Å². The van der Waals surface area contributed by atoms with Gasteiger partial charge in [-0.05, 0) is 37.1 Å². The van der Waals surface area contributed by atoms with E-state index in [4.69, 9.17) is 5.26 Å². The number of hydrogen-bond donors (Lipinski definition) is 0. The van der Waals surface area contributed by atoms with Crippen molar-refractivity contribution >= 4 is 11.5 Å². The van der Waals surface area contributed by atoms with E-state index in [1.54, 1.807) is 23.2 Å². The lowest BCUT2D eigenvalue weighted by molar-refractivity contribution is -0.137. The van der Waals surface area contributed by atoms with Crippen molar-refractivity contribution < 1.29 is 13.2 Å². The molecule has 2 aromatic rings. The molecule has 1 aromatic carbocycles. The van der Waals surface area contributed by atoms with E-state index in [1.165, 1.54) is 18.5 Å². The van der Waals surface area contributed by atoms with E-state index in [9.17, 15) is 13.2 Å². The SMILES string of the molecule is CN(c1ccncn1)C1CCCN(c2ccc(C#N)cc2C(F)(F)F)C1. The third-order valence-corrected chi connectivity index (χ3v) is 4.64. The standard InChI is InChI=1S/C18H18F3N5/c1-25(17-6-7-23-12-24-17)14-3-2-8-26(11-14)16-5-4-13(10-22)9-15(16)18(19,20)21/h4-7,9,12,14H,2-3,8,11H2,1H3. The molecule has 1 saturated heterocycles. The van der Waals surface area contributed by atoms with Crippen LogP contribution in [0.2, 0.25) is 0 Å². The van der Waals surface area contributed by atoms with Gasteiger partial charge in [0.15, 0.2) is 0 Å². The van der Waals surface area contributed by atoms with Crippen LogP contribution in [0.5, 0.6) is 0 Å². The topological polar surface area (TPSA) is 56.1 Å². The van der Waals surface area contributed by atoms with Gasteiger partial charge in [-0.1, -0.05) is 0 Å². The van der Waals surface area contributed by atoms with Crippen molar-refractivity contribution in [3.05, 3.63) is 47.9 Å². The number of anilines is 2. The summed E-state index contributed by atoms with van der Waals surface area (Å²) in [7, 11) is 1.89. The van der Waals surface area contributed by atoms with Crippen LogP contribution in [-0.2, 0) is 6.18 Å². The molecule has 0 amide bonds. The van der Waals surface area contributed by atoms with Crippen molar-refractivity contribution in [2.45, 2.75) is 25.1 Å². The minimum absolute atomic E-state index is 0.00716. The minimum Gasteiger partial charge on any atom is -0.369 e. The zero-order chi connectivity index (χ0) is 18.7. The van der Waals surface area contributed by atoms with Gasteiger partial charge in [-0.25, -0.2) is 9.97 Å². The van der Waals surface area contributed by atoms with Crippen LogP contribution in [-0.4, -0.2) is 36.1 Å². The largest absolute Gasteiger partial charge is 0.418 e. The highest BCUT2D eigenvalue weighted by Gasteiger charge is 2.36. The molecule has 0 spiro atoms. The zero-order valence-electron chi connectivity index (χ0n) is 14.2. The molecular weight excluding hydrogens is 343 g/mol. The quantitative estimate of drug-likeness (QED) is 0.838. The number of rotatable bonds is 3. The molecule has 0 bridgehead atoms. The van der Waals surface area contributed by atoms with Gasteiger partial charge in [-0.2, -0.15) is 18.4 Å². The van der Waals surface area contributed by atoms with Crippen LogP contribution in [0.15, 0.2) is 36.8 Å². The molecular formula is C18H18F3N5. The summed E-state index contributed by atoms with van der Waals surface area (Å²) in [5, 5.41) is 8.92. The van der Waals surface area contributed by atoms with Gasteiger partial charge in [0.25, 0.3) is 0 Å². The van der Waals surface area contributed by atoms with Crippen molar-refractivity contribution in [1.29, 1.82) is 5.26 Å². The van der Waals surface area contributed by atoms with Crippen molar-refractivity contribution in [3.8, 4) is 6.07 Å². The van der Waals surface area contributed by atoms with Crippen LogP contribution in [0.3, 0.4) is 0 Å². The predicted molar refractivity (Wildman–Crippen MR) is 91.8 cm³/mol. The van der Waals surface area contributed by atoms with Gasteiger partial charge in [0.2, 0.25) is 0 Å². The summed E-state index contributed by atoms with van der Waals surface area (Å²) in [6, 6.07) is 7.35. The average molecular weight is 361 g/mol. The molecule has 0 radical (unpaired) electrons. The van der Waals surface area contributed by atoms with E-state index < -0.39 is 11.7 Å². The fourth-order valence-electron chi connectivity index (χ4n) is 3.28. The van der Waals surface area contributed by atoms with E-state index in [2.05, 4.69) is 9.97 Å². The Bertz CT molecular complexity index is 801. The molecule has 3 rings (SSSR count). The van der Waals surface area contributed by atoms with Crippen LogP contribution in [0.25, 0.3) is 0 Å². The molecule has 2 heterocycles. The van der Waals surface area contributed by atoms with Crippen molar-refractivity contribution in [3.63, 3.8) is 0 Å². The summed E-state index contributed by atoms with van der Waals surface area (Å²) in [6.45, 7) is 0.999. The third-order valence-electron chi connectivity index (χ3n) is 4.64. The number of nitrogens with zero attached hydrogens (tertiary/aromatic N) is 5. The second kappa shape index (κ2) is 7.20. The minimum atomic E-state index is -4.51. The number of benzene rings is 1. The highest BCUT2D eigenvalue weighted by atomic mass is 19.4. The van der Waals surface area contributed by atoms with Crippen molar-refractivity contribution in [2.24, 2.45) is 0 Å². The maximum atomic E-state index is 13.5. The molecule has 1 atom stereocenters. The number of likely N-dealkylation sites (N-methyl/N-ethyl adjacent to an activating group) is 1. The fraction of sp³-hybridized carbons (Fsp3) is 0.389. The predicted octanol–water partition coefficient (Wildman–Crippen LogP) is 3.47. The summed E-state index contributed by atoms with van der Waals surface area (Å²) in [5.74, 6) is 0.739. The average Bonchev–Trinajstić information content (AvgIpc) is 2.67. The summed E-state index contributed by atoms with van der Waals surface area (Å²) in [6.07, 6.45) is 0.232. The molecule has 26 heavy (non-hydrogen) atoms. The Morgan fingerprint density at radius 2 is 2.12 bits per heavy atom. The summed E-state index contributed by atoms with van der Waals surface area (Å²) in [4.78, 5) is 11.8. The summed E-state index contributed by atoms with van der Waals surface area (Å²) >= 11 is 0. The number of alkyl halides is 3. The third kappa shape index (κ3) is 3.72. The van der Waals surface area contributed by atoms with E-state index in [1.807, 2.05) is 11.9 Å². The Labute approximate surface area is 149 Å². The molecule has 8 heteroatoms. The lowest BCUT2D eigenvalue weighted by atomic mass is 10.0. The van der Waals surface area contributed by atoms with Gasteiger partial charge in [0.05, 0.1) is 17.2 Å². The second-order valence-electron chi connectivity index (χ2n) is 6.26. The first-order valence-corrected chi connectivity index (χ1v) is 8.25. The van der Waals surface area contributed by atoms with Gasteiger partial charge < -0.3 is 9.80 Å². The van der Waals surface area contributed by atoms with Gasteiger partial charge in [0.1, 0.15) is 12.1 Å².